The topological polar surface area (TPSA) is 72.7 Å². The van der Waals surface area contributed by atoms with Crippen molar-refractivity contribution in [1.82, 2.24) is 10.3 Å². The third-order valence-electron chi connectivity index (χ3n) is 4.84. The van der Waals surface area contributed by atoms with Gasteiger partial charge in [-0.3, -0.25) is 9.59 Å². The Hall–Kier alpha value is -1.99. The van der Waals surface area contributed by atoms with Crippen LogP contribution in [0.25, 0.3) is 10.2 Å². The highest BCUT2D eigenvalue weighted by atomic mass is 32.1. The number of carbonyl (C=O) groups is 2. The Morgan fingerprint density at radius 1 is 1.35 bits per heavy atom. The monoisotopic (exact) mass is 376 g/mol. The number of piperidine rings is 1. The first-order valence-corrected chi connectivity index (χ1v) is 10.0. The van der Waals surface area contributed by atoms with Crippen LogP contribution in [0, 0.1) is 0 Å². The Bertz CT molecular complexity index is 728. The molecule has 2 atom stereocenters. The molecule has 3 rings (SSSR count). The number of likely N-dealkylation sites (tertiary alicyclic amines) is 1. The van der Waals surface area contributed by atoms with Crippen LogP contribution in [0.1, 0.15) is 43.2 Å². The van der Waals surface area contributed by atoms with E-state index < -0.39 is 0 Å². The van der Waals surface area contributed by atoms with E-state index in [4.69, 9.17) is 4.98 Å². The molecule has 1 aromatic heterocycles. The molecule has 0 saturated carbocycles. The fraction of sp³-hybridized carbons (Fsp3) is 0.526. The number of amides is 1. The zero-order valence-electron chi connectivity index (χ0n) is 15.1. The molecule has 6 nitrogen and oxygen atoms in total. The van der Waals surface area contributed by atoms with Gasteiger partial charge in [0.15, 0.2) is 11.6 Å². The Morgan fingerprint density at radius 3 is 3.00 bits per heavy atom. The lowest BCUT2D eigenvalue weighted by molar-refractivity contribution is -0.929. The van der Waals surface area contributed by atoms with Crippen molar-refractivity contribution < 1.29 is 19.2 Å². The summed E-state index contributed by atoms with van der Waals surface area (Å²) in [5.74, 6) is -0.199. The molecule has 1 fully saturated rings. The van der Waals surface area contributed by atoms with Gasteiger partial charge in [-0.15, -0.1) is 11.3 Å². The van der Waals surface area contributed by atoms with Crippen molar-refractivity contribution in [3.8, 4) is 0 Å². The molecule has 0 spiro atoms. The molecule has 2 heterocycles. The van der Waals surface area contributed by atoms with Gasteiger partial charge in [0.25, 0.3) is 5.91 Å². The van der Waals surface area contributed by atoms with Crippen LogP contribution < -0.4 is 10.2 Å². The third kappa shape index (κ3) is 4.80. The molecule has 0 radical (unpaired) electrons. The first-order valence-electron chi connectivity index (χ1n) is 9.21. The Labute approximate surface area is 157 Å². The van der Waals surface area contributed by atoms with E-state index in [1.807, 2.05) is 18.2 Å². The Balaban J connectivity index is 1.56. The van der Waals surface area contributed by atoms with E-state index in [0.717, 1.165) is 29.9 Å². The van der Waals surface area contributed by atoms with Crippen LogP contribution >= 0.6 is 11.3 Å². The van der Waals surface area contributed by atoms with Crippen molar-refractivity contribution in [3.05, 3.63) is 29.3 Å². The zero-order chi connectivity index (χ0) is 18.4. The molecular formula is C19H26N3O3S+. The minimum absolute atomic E-state index is 0.0397. The second-order valence-electron chi connectivity index (χ2n) is 6.68. The lowest BCUT2D eigenvalue weighted by Crippen LogP contribution is -3.14. The normalized spacial score (nSPS) is 20.0. The highest BCUT2D eigenvalue weighted by molar-refractivity contribution is 7.18. The Kier molecular flexibility index (Phi) is 6.57. The van der Waals surface area contributed by atoms with E-state index in [2.05, 4.69) is 16.1 Å². The van der Waals surface area contributed by atoms with Crippen molar-refractivity contribution in [2.24, 2.45) is 0 Å². The maximum absolute atomic E-state index is 12.3. The van der Waals surface area contributed by atoms with Crippen LogP contribution in [0.15, 0.2) is 24.3 Å². The van der Waals surface area contributed by atoms with Crippen molar-refractivity contribution in [3.63, 3.8) is 0 Å². The van der Waals surface area contributed by atoms with Crippen LogP contribution in [0.3, 0.4) is 0 Å². The second kappa shape index (κ2) is 9.09. The maximum Gasteiger partial charge on any atom is 0.305 e. The molecule has 140 valence electrons. The average Bonchev–Trinajstić information content (AvgIpc) is 3.09. The van der Waals surface area contributed by atoms with Crippen LogP contribution in [0.4, 0.5) is 0 Å². The van der Waals surface area contributed by atoms with Gasteiger partial charge in [-0.05, 0) is 31.4 Å². The summed E-state index contributed by atoms with van der Waals surface area (Å²) in [5, 5.41) is 4.06. The van der Waals surface area contributed by atoms with Crippen LogP contribution in [0.5, 0.6) is 0 Å². The van der Waals surface area contributed by atoms with E-state index in [1.165, 1.54) is 23.1 Å². The number of methoxy groups -OCH3 is 1. The molecule has 0 aliphatic carbocycles. The predicted molar refractivity (Wildman–Crippen MR) is 101 cm³/mol. The number of quaternary nitrogens is 1. The van der Waals surface area contributed by atoms with E-state index in [1.54, 1.807) is 11.3 Å². The number of hydrogen-bond donors (Lipinski definition) is 2. The van der Waals surface area contributed by atoms with Crippen molar-refractivity contribution in [1.29, 1.82) is 0 Å². The highest BCUT2D eigenvalue weighted by Crippen LogP contribution is 2.28. The van der Waals surface area contributed by atoms with E-state index in [-0.39, 0.29) is 11.9 Å². The summed E-state index contributed by atoms with van der Waals surface area (Å²) in [7, 11) is 1.38. The standard InChI is InChI=1S/C19H25N3O3S/c1-25-18(24)10-6-11-20-17(23)13-22-12-5-4-8-15(22)19-21-14-7-2-3-9-16(14)26-19/h2-3,7,9,15H,4-6,8,10-13H2,1H3,(H,20,23)/p+1/t15-/m1/s1. The number of nitrogens with zero attached hydrogens (tertiary/aromatic N) is 1. The molecule has 2 N–H and O–H groups in total. The number of para-hydroxylation sites is 1. The maximum atomic E-state index is 12.3. The van der Waals surface area contributed by atoms with Crippen LogP contribution in [0.2, 0.25) is 0 Å². The molecule has 1 aliphatic heterocycles. The number of nitrogens with one attached hydrogen (secondary N) is 2. The molecule has 1 unspecified atom stereocenters. The summed E-state index contributed by atoms with van der Waals surface area (Å²) >= 11 is 1.75. The van der Waals surface area contributed by atoms with Crippen LogP contribution in [-0.2, 0) is 14.3 Å². The summed E-state index contributed by atoms with van der Waals surface area (Å²) in [6.07, 6.45) is 4.35. The molecule has 1 amide bonds. The number of rotatable bonds is 7. The SMILES string of the molecule is COC(=O)CCCNC(=O)C[NH+]1CCCC[C@@H]1c1nc2ccccc2s1. The number of ether oxygens (including phenoxy) is 1. The van der Waals surface area contributed by atoms with Crippen molar-refractivity contribution in [2.75, 3.05) is 26.7 Å². The number of aromatic nitrogens is 1. The van der Waals surface area contributed by atoms with Gasteiger partial charge in [-0.2, -0.15) is 0 Å². The van der Waals surface area contributed by atoms with Gasteiger partial charge in [0.2, 0.25) is 0 Å². The summed E-state index contributed by atoms with van der Waals surface area (Å²) in [6, 6.07) is 8.50. The lowest BCUT2D eigenvalue weighted by Gasteiger charge is -2.30. The first-order chi connectivity index (χ1) is 12.7. The number of fused-ring (bicyclic) bond motifs is 1. The molecule has 1 aliphatic rings. The van der Waals surface area contributed by atoms with Gasteiger partial charge in [0.05, 0.1) is 23.9 Å². The van der Waals surface area contributed by atoms with Crippen LogP contribution in [-0.4, -0.2) is 43.6 Å². The largest absolute Gasteiger partial charge is 0.469 e. The minimum Gasteiger partial charge on any atom is -0.469 e. The zero-order valence-corrected chi connectivity index (χ0v) is 15.9. The van der Waals surface area contributed by atoms with E-state index in [9.17, 15) is 9.59 Å². The van der Waals surface area contributed by atoms with Gasteiger partial charge in [0.1, 0.15) is 6.04 Å². The smallest absolute Gasteiger partial charge is 0.305 e. The fourth-order valence-corrected chi connectivity index (χ4v) is 4.62. The molecule has 26 heavy (non-hydrogen) atoms. The number of esters is 1. The number of carbonyl (C=O) groups excluding carboxylic acids is 2. The molecule has 2 aromatic rings. The number of thiazole rings is 1. The minimum atomic E-state index is -0.239. The summed E-state index contributed by atoms with van der Waals surface area (Å²) in [6.45, 7) is 1.96. The number of benzene rings is 1. The van der Waals surface area contributed by atoms with Crippen molar-refractivity contribution >= 4 is 33.4 Å². The Morgan fingerprint density at radius 2 is 2.19 bits per heavy atom. The molecule has 0 bridgehead atoms. The highest BCUT2D eigenvalue weighted by Gasteiger charge is 2.31. The van der Waals surface area contributed by atoms with Crippen molar-refractivity contribution in [2.45, 2.75) is 38.1 Å². The average molecular weight is 377 g/mol. The second-order valence-corrected chi connectivity index (χ2v) is 7.75. The van der Waals surface area contributed by atoms with E-state index >= 15 is 0 Å². The van der Waals surface area contributed by atoms with Gasteiger partial charge in [-0.1, -0.05) is 12.1 Å². The van der Waals surface area contributed by atoms with Gasteiger partial charge in [-0.25, -0.2) is 4.98 Å². The molecular weight excluding hydrogens is 350 g/mol. The molecule has 7 heteroatoms. The quantitative estimate of drug-likeness (QED) is 0.567. The number of hydrogen-bond acceptors (Lipinski definition) is 5. The summed E-state index contributed by atoms with van der Waals surface area (Å²) in [4.78, 5) is 29.5. The van der Waals surface area contributed by atoms with E-state index in [0.29, 0.717) is 32.0 Å². The summed E-state index contributed by atoms with van der Waals surface area (Å²) < 4.78 is 5.81. The fourth-order valence-electron chi connectivity index (χ4n) is 3.46. The first kappa shape index (κ1) is 18.8. The third-order valence-corrected chi connectivity index (χ3v) is 5.99. The van der Waals surface area contributed by atoms with Gasteiger partial charge < -0.3 is 15.0 Å². The summed E-state index contributed by atoms with van der Waals surface area (Å²) in [5.41, 5.74) is 1.05. The predicted octanol–water partition coefficient (Wildman–Crippen LogP) is 1.48. The molecule has 1 aromatic carbocycles. The molecule has 1 saturated heterocycles. The van der Waals surface area contributed by atoms with Gasteiger partial charge >= 0.3 is 5.97 Å². The lowest BCUT2D eigenvalue weighted by atomic mass is 10.0. The van der Waals surface area contributed by atoms with Gasteiger partial charge in [0, 0.05) is 19.4 Å².